The maximum absolute atomic E-state index is 12.7. The minimum atomic E-state index is 0.0173. The normalized spacial score (nSPS) is 24.5. The van der Waals surface area contributed by atoms with Crippen LogP contribution < -0.4 is 5.32 Å². The van der Waals surface area contributed by atoms with Crippen LogP contribution in [0.3, 0.4) is 0 Å². The van der Waals surface area contributed by atoms with Crippen LogP contribution >= 0.6 is 0 Å². The summed E-state index contributed by atoms with van der Waals surface area (Å²) < 4.78 is 0. The average Bonchev–Trinajstić information content (AvgIpc) is 2.64. The molecule has 0 aliphatic carbocycles. The number of carbonyl (C=O) groups excluding carboxylic acids is 2. The van der Waals surface area contributed by atoms with Gasteiger partial charge in [-0.2, -0.15) is 0 Å². The molecule has 142 valence electrons. The molecule has 2 fully saturated rings. The number of hydrogen-bond acceptors (Lipinski definition) is 4. The summed E-state index contributed by atoms with van der Waals surface area (Å²) in [6, 6.07) is 10.8. The van der Waals surface area contributed by atoms with E-state index in [1.807, 2.05) is 18.0 Å². The van der Waals surface area contributed by atoms with Crippen LogP contribution in [0, 0.1) is 5.92 Å². The van der Waals surface area contributed by atoms with E-state index in [4.69, 9.17) is 0 Å². The largest absolute Gasteiger partial charge is 0.341 e. The first-order valence-electron chi connectivity index (χ1n) is 9.55. The van der Waals surface area contributed by atoms with Crippen molar-refractivity contribution in [3.63, 3.8) is 0 Å². The fraction of sp³-hybridized carbons (Fsp3) is 0.600. The van der Waals surface area contributed by atoms with Gasteiger partial charge in [0, 0.05) is 45.8 Å². The summed E-state index contributed by atoms with van der Waals surface area (Å²) in [5, 5.41) is 3.04. The number of nitrogens with zero attached hydrogens (tertiary/aromatic N) is 3. The van der Waals surface area contributed by atoms with Gasteiger partial charge < -0.3 is 15.1 Å². The molecule has 3 rings (SSSR count). The second-order valence-electron chi connectivity index (χ2n) is 7.55. The van der Waals surface area contributed by atoms with Gasteiger partial charge in [-0.25, -0.2) is 0 Å². The summed E-state index contributed by atoms with van der Waals surface area (Å²) in [4.78, 5) is 30.6. The third-order valence-electron chi connectivity index (χ3n) is 5.60. The molecule has 2 amide bonds. The van der Waals surface area contributed by atoms with E-state index in [1.54, 1.807) is 4.90 Å². The summed E-state index contributed by atoms with van der Waals surface area (Å²) in [6.45, 7) is 7.09. The highest BCUT2D eigenvalue weighted by atomic mass is 16.2. The van der Waals surface area contributed by atoms with Gasteiger partial charge in [-0.15, -0.1) is 0 Å². The van der Waals surface area contributed by atoms with Crippen LogP contribution in [0.25, 0.3) is 0 Å². The Bertz CT molecular complexity index is 621. The van der Waals surface area contributed by atoms with E-state index in [1.165, 1.54) is 5.56 Å². The molecule has 0 spiro atoms. The molecular formula is C20H30N4O2. The number of piperidine rings is 1. The molecule has 0 unspecified atom stereocenters. The van der Waals surface area contributed by atoms with Gasteiger partial charge in [0.25, 0.3) is 0 Å². The van der Waals surface area contributed by atoms with Crippen molar-refractivity contribution < 1.29 is 9.59 Å². The lowest BCUT2D eigenvalue weighted by molar-refractivity contribution is -0.142. The predicted octanol–water partition coefficient (Wildman–Crippen LogP) is 0.787. The summed E-state index contributed by atoms with van der Waals surface area (Å²) in [5.41, 5.74) is 1.33. The number of likely N-dealkylation sites (N-methyl/N-ethyl adjacent to an activating group) is 1. The second kappa shape index (κ2) is 8.64. The first kappa shape index (κ1) is 18.9. The first-order valence-corrected chi connectivity index (χ1v) is 9.55. The Morgan fingerprint density at radius 2 is 2.04 bits per heavy atom. The maximum Gasteiger partial charge on any atom is 0.242 e. The van der Waals surface area contributed by atoms with Crippen molar-refractivity contribution >= 4 is 11.8 Å². The number of nitrogens with one attached hydrogen (secondary N) is 1. The van der Waals surface area contributed by atoms with Crippen molar-refractivity contribution in [2.24, 2.45) is 5.92 Å². The van der Waals surface area contributed by atoms with Crippen molar-refractivity contribution in [1.82, 2.24) is 20.0 Å². The summed E-state index contributed by atoms with van der Waals surface area (Å²) in [5.74, 6) is 0.484. The van der Waals surface area contributed by atoms with E-state index >= 15 is 0 Å². The van der Waals surface area contributed by atoms with E-state index in [0.717, 1.165) is 32.6 Å². The third-order valence-corrected chi connectivity index (χ3v) is 5.60. The molecule has 1 N–H and O–H groups in total. The number of piperazine rings is 1. The minimum Gasteiger partial charge on any atom is -0.341 e. The zero-order valence-electron chi connectivity index (χ0n) is 15.9. The molecule has 0 radical (unpaired) electrons. The third kappa shape index (κ3) is 4.62. The van der Waals surface area contributed by atoms with Gasteiger partial charge in [0.05, 0.1) is 13.1 Å². The van der Waals surface area contributed by atoms with E-state index < -0.39 is 0 Å². The maximum atomic E-state index is 12.7. The van der Waals surface area contributed by atoms with Crippen LogP contribution in [-0.4, -0.2) is 78.9 Å². The fourth-order valence-corrected chi connectivity index (χ4v) is 4.05. The first-order chi connectivity index (χ1) is 12.5. The topological polar surface area (TPSA) is 55.9 Å². The Morgan fingerprint density at radius 1 is 1.27 bits per heavy atom. The van der Waals surface area contributed by atoms with Crippen LogP contribution in [-0.2, 0) is 16.1 Å². The van der Waals surface area contributed by atoms with Gasteiger partial charge >= 0.3 is 0 Å². The van der Waals surface area contributed by atoms with Gasteiger partial charge in [-0.05, 0) is 17.9 Å². The molecule has 2 aliphatic rings. The Labute approximate surface area is 156 Å². The lowest BCUT2D eigenvalue weighted by Gasteiger charge is -2.42. The molecule has 0 aromatic heterocycles. The fourth-order valence-electron chi connectivity index (χ4n) is 4.05. The summed E-state index contributed by atoms with van der Waals surface area (Å²) in [7, 11) is 1.89. The van der Waals surface area contributed by atoms with E-state index in [2.05, 4.69) is 41.4 Å². The minimum absolute atomic E-state index is 0.0173. The quantitative estimate of drug-likeness (QED) is 0.845. The van der Waals surface area contributed by atoms with Gasteiger partial charge in [0.1, 0.15) is 0 Å². The Balaban J connectivity index is 1.51. The molecule has 1 aromatic carbocycles. The van der Waals surface area contributed by atoms with Crippen LogP contribution in [0.5, 0.6) is 0 Å². The number of hydrogen-bond donors (Lipinski definition) is 1. The standard InChI is InChI=1S/C20H30N4O2/c1-16-13-23(14-17-6-4-3-5-7-17)10-8-18(16)22(2)20(26)15-24-11-9-21-12-19(24)25/h3-7,16,18,21H,8-15H2,1-2H3/t16-,18+/m0/s1. The Morgan fingerprint density at radius 3 is 2.73 bits per heavy atom. The lowest BCUT2D eigenvalue weighted by atomic mass is 9.92. The van der Waals surface area contributed by atoms with Gasteiger partial charge in [0.2, 0.25) is 11.8 Å². The molecule has 2 saturated heterocycles. The highest BCUT2D eigenvalue weighted by Crippen LogP contribution is 2.23. The lowest BCUT2D eigenvalue weighted by Crippen LogP contribution is -2.55. The van der Waals surface area contributed by atoms with Crippen molar-refractivity contribution in [3.8, 4) is 0 Å². The zero-order chi connectivity index (χ0) is 18.5. The van der Waals surface area contributed by atoms with E-state index in [0.29, 0.717) is 19.0 Å². The van der Waals surface area contributed by atoms with Crippen molar-refractivity contribution in [3.05, 3.63) is 35.9 Å². The summed E-state index contributed by atoms with van der Waals surface area (Å²) in [6.07, 6.45) is 0.978. The zero-order valence-corrected chi connectivity index (χ0v) is 15.9. The van der Waals surface area contributed by atoms with Crippen LogP contribution in [0.1, 0.15) is 18.9 Å². The summed E-state index contributed by atoms with van der Waals surface area (Å²) >= 11 is 0. The predicted molar refractivity (Wildman–Crippen MR) is 102 cm³/mol. The van der Waals surface area contributed by atoms with Crippen LogP contribution in [0.4, 0.5) is 0 Å². The molecule has 0 bridgehead atoms. The van der Waals surface area contributed by atoms with E-state index in [-0.39, 0.29) is 24.4 Å². The second-order valence-corrected chi connectivity index (χ2v) is 7.55. The molecule has 26 heavy (non-hydrogen) atoms. The molecule has 2 heterocycles. The van der Waals surface area contributed by atoms with Gasteiger partial charge in [0.15, 0.2) is 0 Å². The monoisotopic (exact) mass is 358 g/mol. The number of likely N-dealkylation sites (tertiary alicyclic amines) is 1. The van der Waals surface area contributed by atoms with Crippen molar-refractivity contribution in [2.75, 3.05) is 46.3 Å². The van der Waals surface area contributed by atoms with Crippen LogP contribution in [0.2, 0.25) is 0 Å². The van der Waals surface area contributed by atoms with Crippen molar-refractivity contribution in [2.45, 2.75) is 25.9 Å². The smallest absolute Gasteiger partial charge is 0.242 e. The van der Waals surface area contributed by atoms with Crippen LogP contribution in [0.15, 0.2) is 30.3 Å². The average molecular weight is 358 g/mol. The molecular weight excluding hydrogens is 328 g/mol. The Hall–Kier alpha value is -1.92. The SMILES string of the molecule is C[C@H]1CN(Cc2ccccc2)CC[C@H]1N(C)C(=O)CN1CCNCC1=O. The molecule has 1 aromatic rings. The van der Waals surface area contributed by atoms with Gasteiger partial charge in [-0.3, -0.25) is 14.5 Å². The highest BCUT2D eigenvalue weighted by Gasteiger charge is 2.32. The molecule has 2 aliphatic heterocycles. The van der Waals surface area contributed by atoms with Gasteiger partial charge in [-0.1, -0.05) is 37.3 Å². The van der Waals surface area contributed by atoms with E-state index in [9.17, 15) is 9.59 Å². The molecule has 6 nitrogen and oxygen atoms in total. The highest BCUT2D eigenvalue weighted by molar-refractivity contribution is 5.86. The number of rotatable bonds is 5. The molecule has 2 atom stereocenters. The van der Waals surface area contributed by atoms with Crippen molar-refractivity contribution in [1.29, 1.82) is 0 Å². The molecule has 0 saturated carbocycles. The Kier molecular flexibility index (Phi) is 6.27. The number of carbonyl (C=O) groups is 2. The number of benzene rings is 1. The number of amides is 2. The molecule has 6 heteroatoms.